The molecule has 6 aromatic carbocycles. The van der Waals surface area contributed by atoms with Crippen molar-refractivity contribution in [2.75, 3.05) is 0 Å². The third kappa shape index (κ3) is 4.38. The molecule has 0 aliphatic heterocycles. The second kappa shape index (κ2) is 11.0. The first-order chi connectivity index (χ1) is 15.3. The topological polar surface area (TPSA) is 0 Å². The molecule has 0 heterocycles. The summed E-state index contributed by atoms with van der Waals surface area (Å²) < 4.78 is 0. The molecule has 0 spiro atoms. The van der Waals surface area contributed by atoms with Gasteiger partial charge in [-0.3, -0.25) is 0 Å². The molecule has 0 unspecified atom stereocenters. The van der Waals surface area contributed by atoms with Gasteiger partial charge in [0.1, 0.15) is 0 Å². The van der Waals surface area contributed by atoms with E-state index in [0.717, 1.165) is 6.42 Å². The van der Waals surface area contributed by atoms with Gasteiger partial charge in [-0.05, 0) is 44.7 Å². The smallest absolute Gasteiger partial charge is 1.00 e. The van der Waals surface area contributed by atoms with Crippen molar-refractivity contribution < 1.29 is 51.0 Å². The van der Waals surface area contributed by atoms with Crippen LogP contribution in [0.15, 0.2) is 109 Å². The molecule has 0 aliphatic rings. The van der Waals surface area contributed by atoms with E-state index in [1.807, 2.05) is 0 Å². The van der Waals surface area contributed by atoms with E-state index >= 15 is 0 Å². The number of hydrogen-bond donors (Lipinski definition) is 0. The Balaban J connectivity index is 0.00000108. The molecule has 0 aliphatic carbocycles. The Hall–Kier alpha value is -2.31. The van der Waals surface area contributed by atoms with Gasteiger partial charge in [0.15, 0.2) is 0 Å². The first kappa shape index (κ1) is 26.3. The number of benzene rings is 5. The quantitative estimate of drug-likeness (QED) is 0.294. The normalized spacial score (nSPS) is 10.5. The van der Waals surface area contributed by atoms with Crippen molar-refractivity contribution in [1.29, 1.82) is 0 Å². The van der Waals surface area contributed by atoms with Crippen molar-refractivity contribution in [3.63, 3.8) is 0 Å². The largest absolute Gasteiger partial charge is 3.00 e. The van der Waals surface area contributed by atoms with E-state index in [-0.39, 0.29) is 51.0 Å². The van der Waals surface area contributed by atoms with E-state index < -0.39 is 0 Å². The van der Waals surface area contributed by atoms with Crippen molar-refractivity contribution in [1.82, 2.24) is 0 Å². The van der Waals surface area contributed by atoms with E-state index in [2.05, 4.69) is 116 Å². The van der Waals surface area contributed by atoms with E-state index in [0.29, 0.717) is 0 Å². The molecule has 0 fully saturated rings. The van der Waals surface area contributed by atoms with Gasteiger partial charge in [-0.1, -0.05) is 97.4 Å². The summed E-state index contributed by atoms with van der Waals surface area (Å²) in [6.45, 7) is 2.23. The first-order valence-corrected chi connectivity index (χ1v) is 11.0. The van der Waals surface area contributed by atoms with Gasteiger partial charge in [-0.25, -0.2) is 0 Å². The molecule has 0 N–H and O–H groups in total. The van der Waals surface area contributed by atoms with Crippen LogP contribution in [0.2, 0.25) is 0 Å². The van der Waals surface area contributed by atoms with Crippen LogP contribution in [0.25, 0.3) is 54.6 Å². The Morgan fingerprint density at radius 3 is 1.94 bits per heavy atom. The van der Waals surface area contributed by atoms with Crippen LogP contribution in [0.3, 0.4) is 0 Å². The van der Waals surface area contributed by atoms with Crippen LogP contribution >= 0.6 is 0 Å². The molecule has 6 rings (SSSR count). The van der Waals surface area contributed by atoms with Gasteiger partial charge >= 0.3 is 26.2 Å². The fourth-order valence-electron chi connectivity index (χ4n) is 4.97. The minimum absolute atomic E-state index is 0. The average molecular weight is 558 g/mol. The molecular weight excluding hydrogens is 534 g/mol. The van der Waals surface area contributed by atoms with Gasteiger partial charge in [-0.2, -0.15) is 6.07 Å². The van der Waals surface area contributed by atoms with E-state index in [9.17, 15) is 0 Å². The van der Waals surface area contributed by atoms with E-state index in [4.69, 9.17) is 0 Å². The predicted molar refractivity (Wildman–Crippen MR) is 135 cm³/mol. The minimum Gasteiger partial charge on any atom is -1.00 e. The summed E-state index contributed by atoms with van der Waals surface area (Å²) in [6.07, 6.45) is 1.06. The van der Waals surface area contributed by atoms with Gasteiger partial charge < -0.3 is 24.8 Å². The molecule has 1 radical (unpaired) electrons. The van der Waals surface area contributed by atoms with E-state index in [1.54, 1.807) is 0 Å². The van der Waals surface area contributed by atoms with Crippen molar-refractivity contribution >= 4 is 32.3 Å². The summed E-state index contributed by atoms with van der Waals surface area (Å²) in [5.41, 5.74) is 6.63. The number of aryl methyl sites for hydroxylation is 1. The molecule has 0 amide bonds. The van der Waals surface area contributed by atoms with Crippen LogP contribution in [-0.2, 0) is 32.6 Å². The molecule has 34 heavy (non-hydrogen) atoms. The molecule has 0 saturated carbocycles. The van der Waals surface area contributed by atoms with Crippen molar-refractivity contribution in [3.05, 3.63) is 115 Å². The van der Waals surface area contributed by atoms with Crippen LogP contribution in [0.1, 0.15) is 12.5 Å². The molecule has 0 atom stereocenters. The monoisotopic (exact) mass is 555 g/mol. The summed E-state index contributed by atoms with van der Waals surface area (Å²) >= 11 is 0. The number of halogens is 2. The van der Waals surface area contributed by atoms with Crippen LogP contribution < -0.4 is 24.8 Å². The Morgan fingerprint density at radius 1 is 0.559 bits per heavy atom. The van der Waals surface area contributed by atoms with Crippen LogP contribution in [0.4, 0.5) is 0 Å². The third-order valence-corrected chi connectivity index (χ3v) is 6.50. The maximum atomic E-state index is 2.37. The van der Waals surface area contributed by atoms with E-state index in [1.165, 1.54) is 60.1 Å². The molecule has 3 heteroatoms. The van der Waals surface area contributed by atoms with Gasteiger partial charge in [-0.15, -0.1) is 34.5 Å². The minimum atomic E-state index is 0. The van der Waals surface area contributed by atoms with Crippen molar-refractivity contribution in [2.45, 2.75) is 13.3 Å². The average Bonchev–Trinajstić information content (AvgIpc) is 3.27. The third-order valence-electron chi connectivity index (χ3n) is 6.50. The molecule has 0 saturated heterocycles. The van der Waals surface area contributed by atoms with Crippen molar-refractivity contribution in [2.24, 2.45) is 0 Å². The standard InChI is InChI=1S/C31H23.2ClH.Zr/c1-2-21-19-24-12-8-16-28(30(24)20-21)31-26-14-6-4-10-23(26)17-18-29(31)27-15-7-11-22-9-3-5-13-25(22)27;;;/h3-20H,2H2,1H3;2*1H;/q-1;;;+3/p-2. The fraction of sp³-hybridized carbons (Fsp3) is 0.0645. The van der Waals surface area contributed by atoms with Gasteiger partial charge in [0.25, 0.3) is 0 Å². The molecular formula is C31H23Cl2Zr. The van der Waals surface area contributed by atoms with Crippen LogP contribution in [0, 0.1) is 0 Å². The summed E-state index contributed by atoms with van der Waals surface area (Å²) in [7, 11) is 0. The summed E-state index contributed by atoms with van der Waals surface area (Å²) in [5, 5.41) is 7.83. The number of hydrogen-bond acceptors (Lipinski definition) is 0. The molecule has 0 nitrogen and oxygen atoms in total. The number of rotatable bonds is 3. The number of fused-ring (bicyclic) bond motifs is 3. The Morgan fingerprint density at radius 2 is 1.18 bits per heavy atom. The zero-order valence-electron chi connectivity index (χ0n) is 18.9. The maximum absolute atomic E-state index is 2.37. The van der Waals surface area contributed by atoms with Crippen LogP contribution in [-0.4, -0.2) is 0 Å². The Kier molecular flexibility index (Phi) is 8.48. The zero-order valence-corrected chi connectivity index (χ0v) is 22.8. The summed E-state index contributed by atoms with van der Waals surface area (Å²) in [4.78, 5) is 0. The Labute approximate surface area is 232 Å². The second-order valence-corrected chi connectivity index (χ2v) is 8.26. The molecule has 0 bridgehead atoms. The fourth-order valence-corrected chi connectivity index (χ4v) is 4.97. The van der Waals surface area contributed by atoms with Gasteiger partial charge in [0.05, 0.1) is 0 Å². The zero-order chi connectivity index (χ0) is 20.8. The summed E-state index contributed by atoms with van der Waals surface area (Å²) in [6, 6.07) is 40.1. The van der Waals surface area contributed by atoms with Crippen LogP contribution in [0.5, 0.6) is 0 Å². The molecule has 6 aromatic rings. The Bertz CT molecular complexity index is 1570. The first-order valence-electron chi connectivity index (χ1n) is 11.0. The van der Waals surface area contributed by atoms with Crippen molar-refractivity contribution in [3.8, 4) is 22.3 Å². The SMILES string of the molecule is CCc1cc2c(-c3c(-c4cccc5ccccc45)ccc4ccccc34)cccc2[cH-]1.[Cl-].[Cl-].[Zr+3]. The molecule has 0 aromatic heterocycles. The second-order valence-electron chi connectivity index (χ2n) is 8.26. The summed E-state index contributed by atoms with van der Waals surface area (Å²) in [5.74, 6) is 0. The van der Waals surface area contributed by atoms with Gasteiger partial charge in [0, 0.05) is 0 Å². The predicted octanol–water partition coefficient (Wildman–Crippen LogP) is 2.77. The van der Waals surface area contributed by atoms with Gasteiger partial charge in [0.2, 0.25) is 0 Å². The maximum Gasteiger partial charge on any atom is 3.00 e. The molecule has 165 valence electrons.